The lowest BCUT2D eigenvalue weighted by Crippen LogP contribution is -2.63. The molecule has 6 heterocycles. The monoisotopic (exact) mass is 792 g/mol. The van der Waals surface area contributed by atoms with Crippen molar-refractivity contribution in [3.63, 3.8) is 0 Å². The van der Waals surface area contributed by atoms with E-state index >= 15 is 4.39 Å². The van der Waals surface area contributed by atoms with Crippen LogP contribution in [0.25, 0.3) is 0 Å². The summed E-state index contributed by atoms with van der Waals surface area (Å²) in [4.78, 5) is 63.1. The Balaban J connectivity index is 0.739. The first-order valence-corrected chi connectivity index (χ1v) is 20.4. The highest BCUT2D eigenvalue weighted by atomic mass is 35.5. The van der Waals surface area contributed by atoms with Crippen molar-refractivity contribution in [2.75, 3.05) is 73.6 Å². The molecule has 5 fully saturated rings. The van der Waals surface area contributed by atoms with Gasteiger partial charge in [0.2, 0.25) is 11.8 Å². The van der Waals surface area contributed by atoms with E-state index in [4.69, 9.17) is 11.6 Å². The van der Waals surface area contributed by atoms with Gasteiger partial charge in [0.05, 0.1) is 21.7 Å². The van der Waals surface area contributed by atoms with Crippen LogP contribution in [-0.2, 0) is 16.1 Å². The van der Waals surface area contributed by atoms with E-state index in [-0.39, 0.29) is 29.6 Å². The zero-order valence-electron chi connectivity index (χ0n) is 32.1. The number of amides is 4. The third kappa shape index (κ3) is 6.91. The Morgan fingerprint density at radius 3 is 2.26 bits per heavy atom. The summed E-state index contributed by atoms with van der Waals surface area (Å²) in [5.74, 6) is -2.16. The number of piperidine rings is 2. The van der Waals surface area contributed by atoms with Gasteiger partial charge in [0, 0.05) is 107 Å². The van der Waals surface area contributed by atoms with Crippen molar-refractivity contribution in [2.24, 2.45) is 5.41 Å². The predicted octanol–water partition coefficient (Wildman–Crippen LogP) is 4.64. The van der Waals surface area contributed by atoms with Crippen LogP contribution in [0.2, 0.25) is 5.02 Å². The fourth-order valence-corrected chi connectivity index (χ4v) is 10.2. The van der Waals surface area contributed by atoms with Gasteiger partial charge in [0.25, 0.3) is 11.8 Å². The zero-order chi connectivity index (χ0) is 39.6. The third-order valence-corrected chi connectivity index (χ3v) is 13.7. The molecule has 1 N–H and O–H groups in total. The Bertz CT molecular complexity index is 2190. The Kier molecular flexibility index (Phi) is 9.70. The summed E-state index contributed by atoms with van der Waals surface area (Å²) in [5.41, 5.74) is 4.87. The molecule has 5 saturated heterocycles. The van der Waals surface area contributed by atoms with Crippen molar-refractivity contribution in [3.8, 4) is 6.07 Å². The molecule has 9 rings (SSSR count). The van der Waals surface area contributed by atoms with Crippen molar-refractivity contribution in [3.05, 3.63) is 87.7 Å². The fourth-order valence-electron chi connectivity index (χ4n) is 9.98. The predicted molar refractivity (Wildman–Crippen MR) is 214 cm³/mol. The first-order chi connectivity index (χ1) is 27.5. The van der Waals surface area contributed by atoms with E-state index in [1.54, 1.807) is 24.3 Å². The first kappa shape index (κ1) is 37.5. The Labute approximate surface area is 336 Å². The normalized spacial score (nSPS) is 24.2. The van der Waals surface area contributed by atoms with Crippen LogP contribution >= 0.6 is 11.6 Å². The quantitative estimate of drug-likeness (QED) is 0.339. The number of hydrogen-bond donors (Lipinski definition) is 1. The maximum atomic E-state index is 15.6. The number of fused-ring (bicyclic) bond motifs is 1. The molecule has 0 bridgehead atoms. The maximum Gasteiger partial charge on any atom is 0.262 e. The van der Waals surface area contributed by atoms with Crippen LogP contribution in [0.15, 0.2) is 54.6 Å². The Morgan fingerprint density at radius 2 is 1.56 bits per heavy atom. The summed E-state index contributed by atoms with van der Waals surface area (Å²) in [7, 11) is 0. The Morgan fingerprint density at radius 1 is 0.860 bits per heavy atom. The summed E-state index contributed by atoms with van der Waals surface area (Å²) in [6.45, 7) is 10.6. The van der Waals surface area contributed by atoms with E-state index in [9.17, 15) is 24.4 Å². The van der Waals surface area contributed by atoms with E-state index < -0.39 is 29.7 Å². The number of piperazine rings is 1. The molecule has 0 aliphatic carbocycles. The smallest absolute Gasteiger partial charge is 0.262 e. The van der Waals surface area contributed by atoms with Gasteiger partial charge in [0.15, 0.2) is 0 Å². The maximum absolute atomic E-state index is 15.6. The van der Waals surface area contributed by atoms with Crippen LogP contribution in [0.4, 0.5) is 21.5 Å². The van der Waals surface area contributed by atoms with Crippen LogP contribution in [0.3, 0.4) is 0 Å². The number of imide groups is 2. The lowest BCUT2D eigenvalue weighted by molar-refractivity contribution is -0.136. The molecule has 57 heavy (non-hydrogen) atoms. The number of carbonyl (C=O) groups is 4. The fraction of sp³-hybridized carbons (Fsp3) is 0.465. The van der Waals surface area contributed by atoms with Crippen LogP contribution < -0.4 is 20.0 Å². The van der Waals surface area contributed by atoms with Gasteiger partial charge in [-0.15, -0.1) is 0 Å². The van der Waals surface area contributed by atoms with Crippen molar-refractivity contribution in [1.82, 2.24) is 20.0 Å². The molecule has 1 spiro atoms. The van der Waals surface area contributed by atoms with Gasteiger partial charge in [-0.3, -0.25) is 39.2 Å². The van der Waals surface area contributed by atoms with Gasteiger partial charge in [-0.1, -0.05) is 17.7 Å². The Hall–Kier alpha value is -5.03. The molecule has 0 saturated carbocycles. The third-order valence-electron chi connectivity index (χ3n) is 13.4. The minimum absolute atomic E-state index is 0.0870. The van der Waals surface area contributed by atoms with Crippen LogP contribution in [0, 0.1) is 22.6 Å². The van der Waals surface area contributed by atoms with E-state index in [1.807, 2.05) is 24.3 Å². The van der Waals surface area contributed by atoms with Crippen molar-refractivity contribution < 1.29 is 23.6 Å². The van der Waals surface area contributed by atoms with Crippen LogP contribution in [0.1, 0.15) is 70.9 Å². The topological polar surface area (TPSA) is 124 Å². The highest BCUT2D eigenvalue weighted by Gasteiger charge is 2.46. The molecule has 4 amide bonds. The molecule has 0 aromatic heterocycles. The molecular weight excluding hydrogens is 747 g/mol. The highest BCUT2D eigenvalue weighted by Crippen LogP contribution is 2.46. The van der Waals surface area contributed by atoms with Crippen molar-refractivity contribution in [1.29, 1.82) is 5.26 Å². The standard InChI is InChI=1S/C43H46ClFN8O4/c1-27-21-43(26-52(27)32-5-2-28(22-46)36(44)19-32)10-12-49(13-11-43)31-4-3-29(37(45)20-31)23-48-14-16-50(17-15-48)33-24-51(25-33)30-6-7-34-35(18-30)42(57)53(41(34)56)38-8-9-39(54)47-40(38)55/h2-7,18-20,27,33,38H,8-17,21,23-26H2,1H3,(H,47,54,55)/t27-,38?/m0/s1. The van der Waals surface area contributed by atoms with Crippen LogP contribution in [0.5, 0.6) is 0 Å². The molecule has 2 atom stereocenters. The van der Waals surface area contributed by atoms with Crippen molar-refractivity contribution >= 4 is 52.3 Å². The van der Waals surface area contributed by atoms with Crippen LogP contribution in [-0.4, -0.2) is 115 Å². The molecule has 14 heteroatoms. The minimum atomic E-state index is -0.979. The van der Waals surface area contributed by atoms with Gasteiger partial charge in [-0.05, 0) is 86.6 Å². The zero-order valence-corrected chi connectivity index (χ0v) is 32.8. The van der Waals surface area contributed by atoms with Gasteiger partial charge in [-0.2, -0.15) is 5.26 Å². The summed E-state index contributed by atoms with van der Waals surface area (Å²) < 4.78 is 15.6. The number of nitriles is 1. The second kappa shape index (κ2) is 14.7. The number of carbonyl (C=O) groups excluding carboxylic acids is 4. The summed E-state index contributed by atoms with van der Waals surface area (Å²) in [6, 6.07) is 18.6. The second-order valence-electron chi connectivity index (χ2n) is 16.8. The SMILES string of the molecule is C[C@H]1CC2(CCN(c3ccc(CN4CCN(C5CN(c6ccc7c(c6)C(=O)N(C6CCC(=O)NC6=O)C7=O)C5)CC4)c(F)c3)CC2)CN1c1ccc(C#N)c(Cl)c1. The number of nitrogens with one attached hydrogen (secondary N) is 1. The lowest BCUT2D eigenvalue weighted by Gasteiger charge is -2.49. The van der Waals surface area contributed by atoms with Gasteiger partial charge in [-0.25, -0.2) is 4.39 Å². The minimum Gasteiger partial charge on any atom is -0.371 e. The number of hydrogen-bond acceptors (Lipinski definition) is 10. The van der Waals surface area contributed by atoms with E-state index in [2.05, 4.69) is 48.9 Å². The molecule has 12 nitrogen and oxygen atoms in total. The van der Waals surface area contributed by atoms with E-state index in [0.717, 1.165) is 106 Å². The lowest BCUT2D eigenvalue weighted by atomic mass is 9.76. The van der Waals surface area contributed by atoms with Gasteiger partial charge in [0.1, 0.15) is 17.9 Å². The van der Waals surface area contributed by atoms with Gasteiger partial charge >= 0.3 is 0 Å². The number of benzene rings is 3. The molecule has 6 aliphatic heterocycles. The first-order valence-electron chi connectivity index (χ1n) is 20.1. The van der Waals surface area contributed by atoms with E-state index in [0.29, 0.717) is 34.8 Å². The summed E-state index contributed by atoms with van der Waals surface area (Å²) in [6.07, 6.45) is 3.41. The summed E-state index contributed by atoms with van der Waals surface area (Å²) >= 11 is 6.37. The number of rotatable bonds is 7. The highest BCUT2D eigenvalue weighted by molar-refractivity contribution is 6.32. The molecule has 1 unspecified atom stereocenters. The van der Waals surface area contributed by atoms with Crippen molar-refractivity contribution in [2.45, 2.75) is 63.7 Å². The molecule has 3 aromatic carbocycles. The summed E-state index contributed by atoms with van der Waals surface area (Å²) in [5, 5.41) is 12.0. The van der Waals surface area contributed by atoms with Gasteiger partial charge < -0.3 is 14.7 Å². The molecular formula is C43H46ClFN8O4. The molecule has 0 radical (unpaired) electrons. The average Bonchev–Trinajstić information content (AvgIpc) is 3.63. The average molecular weight is 793 g/mol. The second-order valence-corrected chi connectivity index (χ2v) is 17.2. The molecule has 3 aromatic rings. The number of anilines is 3. The molecule has 6 aliphatic rings. The van der Waals surface area contributed by atoms with E-state index in [1.165, 1.54) is 0 Å². The molecule has 296 valence electrons. The number of halogens is 2. The number of nitrogens with zero attached hydrogens (tertiary/aromatic N) is 7. The largest absolute Gasteiger partial charge is 0.371 e.